The van der Waals surface area contributed by atoms with Crippen LogP contribution < -0.4 is 30.5 Å². The first-order chi connectivity index (χ1) is 24.6. The van der Waals surface area contributed by atoms with Gasteiger partial charge in [-0.15, -0.1) is 0 Å². The van der Waals surface area contributed by atoms with E-state index < -0.39 is 45.5 Å². The third-order valence-electron chi connectivity index (χ3n) is 7.81. The molecule has 264 valence electrons. The molecule has 5 rings (SSSR count). The number of nitrogens with one attached hydrogen (secondary N) is 4. The van der Waals surface area contributed by atoms with Crippen molar-refractivity contribution >= 4 is 27.6 Å². The van der Waals surface area contributed by atoms with Crippen molar-refractivity contribution in [1.29, 1.82) is 0 Å². The van der Waals surface area contributed by atoms with E-state index in [2.05, 4.69) is 24.7 Å². The van der Waals surface area contributed by atoms with Gasteiger partial charge >= 0.3 is 0 Å². The van der Waals surface area contributed by atoms with E-state index in [4.69, 9.17) is 4.74 Å². The number of benzene rings is 3. The van der Waals surface area contributed by atoms with Crippen molar-refractivity contribution in [2.24, 2.45) is 0 Å². The summed E-state index contributed by atoms with van der Waals surface area (Å²) in [5.74, 6) is -0.942. The Morgan fingerprint density at radius 3 is 2.27 bits per heavy atom. The highest BCUT2D eigenvalue weighted by molar-refractivity contribution is 7.90. The number of anilines is 1. The summed E-state index contributed by atoms with van der Waals surface area (Å²) in [6, 6.07) is 27.2. The number of carbonyl (C=O) groups is 2. The average Bonchev–Trinajstić information content (AvgIpc) is 3.14. The van der Waals surface area contributed by atoms with E-state index in [1.807, 2.05) is 13.0 Å². The molecule has 3 aromatic carbocycles. The zero-order valence-corrected chi connectivity index (χ0v) is 28.7. The molecule has 0 aliphatic carbocycles. The Bertz CT molecular complexity index is 2170. The number of ether oxygens (including phenoxy) is 1. The lowest BCUT2D eigenvalue weighted by molar-refractivity contribution is -0.122. The van der Waals surface area contributed by atoms with Crippen molar-refractivity contribution in [3.8, 4) is 17.3 Å². The Hall–Kier alpha value is -5.86. The maximum absolute atomic E-state index is 13.7. The molecule has 1 amide bonds. The molecule has 0 radical (unpaired) electrons. The van der Waals surface area contributed by atoms with Crippen LogP contribution in [0.1, 0.15) is 47.7 Å². The van der Waals surface area contributed by atoms with Crippen LogP contribution in [0.25, 0.3) is 11.4 Å². The number of pyridine rings is 1. The first kappa shape index (κ1) is 36.4. The number of amides is 1. The van der Waals surface area contributed by atoms with Crippen LogP contribution in [0.2, 0.25) is 0 Å². The average molecular weight is 711 g/mol. The van der Waals surface area contributed by atoms with Crippen LogP contribution in [0.3, 0.4) is 0 Å². The SMILES string of the molecule is CCCCC(CNC(=O)Cn1c(-c2ccccc2)ncc(NS(=O)(=O)NCc2ccccc2)c1=O)Oc1[nH]ccc(=O)c1C(=O)c1ccccc1. The third kappa shape index (κ3) is 9.86. The molecule has 0 aliphatic heterocycles. The first-order valence-electron chi connectivity index (χ1n) is 16.4. The van der Waals surface area contributed by atoms with Crippen molar-refractivity contribution in [3.05, 3.63) is 147 Å². The molecular weight excluding hydrogens is 673 g/mol. The Labute approximate surface area is 294 Å². The topological polar surface area (TPSA) is 181 Å². The molecule has 2 aromatic heterocycles. The standard InChI is InChI=1S/C37H38N6O7S/c1-2-3-19-29(50-36-33(31(44)20-21-38-36)34(46)27-15-9-5-10-16-27)23-39-32(45)25-43-35(28-17-11-6-12-18-28)40-24-30(37(43)47)42-51(48,49)41-22-26-13-7-4-8-14-26/h4-18,20-21,24,29,41-42H,2-3,19,22-23,25H2,1H3,(H,38,44)(H,39,45). The fourth-order valence-electron chi connectivity index (χ4n) is 5.21. The third-order valence-corrected chi connectivity index (χ3v) is 8.82. The molecule has 1 atom stereocenters. The van der Waals surface area contributed by atoms with E-state index in [9.17, 15) is 27.6 Å². The predicted octanol–water partition coefficient (Wildman–Crippen LogP) is 4.03. The van der Waals surface area contributed by atoms with Crippen molar-refractivity contribution in [3.63, 3.8) is 0 Å². The molecule has 4 N–H and O–H groups in total. The van der Waals surface area contributed by atoms with Crippen LogP contribution in [0.15, 0.2) is 119 Å². The van der Waals surface area contributed by atoms with Crippen LogP contribution in [0.4, 0.5) is 5.69 Å². The Morgan fingerprint density at radius 1 is 0.922 bits per heavy atom. The fraction of sp³-hybridized carbons (Fsp3) is 0.216. The molecule has 51 heavy (non-hydrogen) atoms. The molecular formula is C37H38N6O7S. The highest BCUT2D eigenvalue weighted by Crippen LogP contribution is 2.20. The molecule has 0 saturated carbocycles. The molecule has 5 aromatic rings. The van der Waals surface area contributed by atoms with Crippen LogP contribution in [0.5, 0.6) is 5.88 Å². The van der Waals surface area contributed by atoms with Gasteiger partial charge in [-0.3, -0.25) is 28.5 Å². The second-order valence-corrected chi connectivity index (χ2v) is 13.1. The van der Waals surface area contributed by atoms with Crippen molar-refractivity contribution in [2.75, 3.05) is 11.3 Å². The Kier molecular flexibility index (Phi) is 12.3. The summed E-state index contributed by atoms with van der Waals surface area (Å²) in [4.78, 5) is 60.5. The minimum Gasteiger partial charge on any atom is -0.473 e. The van der Waals surface area contributed by atoms with Gasteiger partial charge < -0.3 is 15.0 Å². The van der Waals surface area contributed by atoms with Crippen LogP contribution in [-0.4, -0.2) is 47.3 Å². The number of ketones is 1. The number of carbonyl (C=O) groups excluding carboxylic acids is 2. The first-order valence-corrected chi connectivity index (χ1v) is 17.8. The van der Waals surface area contributed by atoms with Gasteiger partial charge in [0.2, 0.25) is 17.6 Å². The van der Waals surface area contributed by atoms with E-state index in [0.29, 0.717) is 23.1 Å². The highest BCUT2D eigenvalue weighted by Gasteiger charge is 2.23. The fourth-order valence-corrected chi connectivity index (χ4v) is 6.07. The molecule has 0 saturated heterocycles. The van der Waals surface area contributed by atoms with Gasteiger partial charge in [-0.2, -0.15) is 13.1 Å². The van der Waals surface area contributed by atoms with Gasteiger partial charge in [-0.1, -0.05) is 104 Å². The lowest BCUT2D eigenvalue weighted by atomic mass is 10.0. The second-order valence-electron chi connectivity index (χ2n) is 11.6. The summed E-state index contributed by atoms with van der Waals surface area (Å²) in [5, 5.41) is 2.79. The van der Waals surface area contributed by atoms with E-state index in [0.717, 1.165) is 23.6 Å². The van der Waals surface area contributed by atoms with Gasteiger partial charge in [0.15, 0.2) is 5.43 Å². The van der Waals surface area contributed by atoms with E-state index in [-0.39, 0.29) is 36.0 Å². The molecule has 1 unspecified atom stereocenters. The monoisotopic (exact) mass is 710 g/mol. The van der Waals surface area contributed by atoms with Gasteiger partial charge in [0.1, 0.15) is 29.7 Å². The van der Waals surface area contributed by atoms with Crippen LogP contribution >= 0.6 is 0 Å². The van der Waals surface area contributed by atoms with E-state index >= 15 is 0 Å². The highest BCUT2D eigenvalue weighted by atomic mass is 32.2. The molecule has 0 bridgehead atoms. The molecule has 2 heterocycles. The molecule has 13 nitrogen and oxygen atoms in total. The van der Waals surface area contributed by atoms with E-state index in [1.54, 1.807) is 84.9 Å². The summed E-state index contributed by atoms with van der Waals surface area (Å²) in [6.07, 6.45) is 3.88. The quantitative estimate of drug-likeness (QED) is 0.104. The van der Waals surface area contributed by atoms with Gasteiger partial charge in [-0.05, 0) is 18.4 Å². The van der Waals surface area contributed by atoms with Crippen molar-refractivity contribution < 1.29 is 22.7 Å². The zero-order chi connectivity index (χ0) is 36.2. The van der Waals surface area contributed by atoms with Crippen molar-refractivity contribution in [2.45, 2.75) is 45.4 Å². The normalized spacial score (nSPS) is 11.8. The summed E-state index contributed by atoms with van der Waals surface area (Å²) in [5.41, 5.74) is -0.229. The molecule has 0 aliphatic rings. The number of nitrogens with zero attached hydrogens (tertiary/aromatic N) is 2. The van der Waals surface area contributed by atoms with Gasteiger partial charge in [-0.25, -0.2) is 4.98 Å². The number of H-pyrrole nitrogens is 1. The summed E-state index contributed by atoms with van der Waals surface area (Å²) < 4.78 is 37.6. The molecule has 14 heteroatoms. The smallest absolute Gasteiger partial charge is 0.299 e. The minimum atomic E-state index is -4.19. The molecule has 0 spiro atoms. The maximum Gasteiger partial charge on any atom is 0.299 e. The minimum absolute atomic E-state index is 0.0116. The number of hydrogen-bond donors (Lipinski definition) is 4. The number of aromatic nitrogens is 3. The maximum atomic E-state index is 13.7. The van der Waals surface area contributed by atoms with Gasteiger partial charge in [0, 0.05) is 29.9 Å². The van der Waals surface area contributed by atoms with Crippen molar-refractivity contribution in [1.82, 2.24) is 24.6 Å². The van der Waals surface area contributed by atoms with Crippen LogP contribution in [-0.2, 0) is 28.1 Å². The lowest BCUT2D eigenvalue weighted by Gasteiger charge is -2.21. The number of rotatable bonds is 17. The number of aromatic amines is 1. The molecule has 0 fully saturated rings. The summed E-state index contributed by atoms with van der Waals surface area (Å²) in [6.45, 7) is 1.46. The number of hydrogen-bond acceptors (Lipinski definition) is 8. The summed E-state index contributed by atoms with van der Waals surface area (Å²) >= 11 is 0. The Balaban J connectivity index is 1.35. The lowest BCUT2D eigenvalue weighted by Crippen LogP contribution is -2.40. The van der Waals surface area contributed by atoms with Gasteiger partial charge in [0.25, 0.3) is 15.8 Å². The largest absolute Gasteiger partial charge is 0.473 e. The zero-order valence-electron chi connectivity index (χ0n) is 27.9. The second kappa shape index (κ2) is 17.2. The predicted molar refractivity (Wildman–Crippen MR) is 194 cm³/mol. The number of unbranched alkanes of at least 4 members (excludes halogenated alkanes) is 1. The van der Waals surface area contributed by atoms with Gasteiger partial charge in [0.05, 0.1) is 12.7 Å². The van der Waals surface area contributed by atoms with Crippen LogP contribution in [0, 0.1) is 0 Å². The Morgan fingerprint density at radius 2 is 1.59 bits per heavy atom. The summed E-state index contributed by atoms with van der Waals surface area (Å²) in [7, 11) is -4.19. The van der Waals surface area contributed by atoms with E-state index in [1.165, 1.54) is 12.3 Å².